The Labute approximate surface area is 224 Å². The number of aromatic carboxylic acids is 1. The summed E-state index contributed by atoms with van der Waals surface area (Å²) < 4.78 is 16.8. The molecule has 0 bridgehead atoms. The first-order valence-electron chi connectivity index (χ1n) is 12.9. The van der Waals surface area contributed by atoms with Crippen molar-refractivity contribution in [3.05, 3.63) is 59.7 Å². The molecule has 9 heteroatoms. The summed E-state index contributed by atoms with van der Waals surface area (Å²) in [6, 6.07) is 13.7. The van der Waals surface area contributed by atoms with Crippen molar-refractivity contribution < 1.29 is 33.7 Å². The molecule has 0 aliphatic carbocycles. The van der Waals surface area contributed by atoms with Gasteiger partial charge in [-0.3, -0.25) is 4.90 Å². The van der Waals surface area contributed by atoms with Crippen molar-refractivity contribution in [2.24, 2.45) is 5.92 Å². The summed E-state index contributed by atoms with van der Waals surface area (Å²) in [6.07, 6.45) is -0.209. The van der Waals surface area contributed by atoms with Gasteiger partial charge in [0.15, 0.2) is 0 Å². The number of nitrogens with zero attached hydrogens (tertiary/aromatic N) is 2. The van der Waals surface area contributed by atoms with Crippen molar-refractivity contribution in [1.29, 1.82) is 0 Å². The van der Waals surface area contributed by atoms with Crippen LogP contribution in [-0.4, -0.2) is 54.4 Å². The van der Waals surface area contributed by atoms with Crippen LogP contribution in [0.25, 0.3) is 0 Å². The minimum atomic E-state index is -1.43. The van der Waals surface area contributed by atoms with E-state index in [1.807, 2.05) is 44.2 Å². The highest BCUT2D eigenvalue weighted by molar-refractivity contribution is 5.99. The molecule has 206 valence electrons. The molecule has 0 N–H and O–H groups in total. The van der Waals surface area contributed by atoms with E-state index in [0.29, 0.717) is 31.7 Å². The van der Waals surface area contributed by atoms with E-state index in [4.69, 9.17) is 14.2 Å². The molecule has 0 atom stereocenters. The van der Waals surface area contributed by atoms with Crippen LogP contribution < -0.4 is 14.7 Å². The molecule has 9 nitrogen and oxygen atoms in total. The molecule has 38 heavy (non-hydrogen) atoms. The highest BCUT2D eigenvalue weighted by Gasteiger charge is 2.34. The van der Waals surface area contributed by atoms with E-state index < -0.39 is 23.8 Å². The molecule has 2 amide bonds. The zero-order chi connectivity index (χ0) is 27.9. The number of carboxylic acid groups (broad SMARTS) is 1. The number of carbonyl (C=O) groups excluding carboxylic acids is 3. The molecule has 0 radical (unpaired) electrons. The van der Waals surface area contributed by atoms with E-state index in [0.717, 1.165) is 5.56 Å². The van der Waals surface area contributed by atoms with Gasteiger partial charge in [-0.2, -0.15) is 0 Å². The second-order valence-corrected chi connectivity index (χ2v) is 10.8. The number of ether oxygens (including phenoxy) is 3. The molecular formula is C29H37N2O7-. The van der Waals surface area contributed by atoms with Gasteiger partial charge in [-0.15, -0.1) is 0 Å². The zero-order valence-electron chi connectivity index (χ0n) is 22.8. The first-order chi connectivity index (χ1) is 17.9. The largest absolute Gasteiger partial charge is 0.545 e. The van der Waals surface area contributed by atoms with Gasteiger partial charge in [-0.25, -0.2) is 9.59 Å². The smallest absolute Gasteiger partial charge is 0.414 e. The summed E-state index contributed by atoms with van der Waals surface area (Å²) in [6.45, 7) is 10.4. The predicted molar refractivity (Wildman–Crippen MR) is 141 cm³/mol. The normalized spacial score (nSPS) is 14.2. The molecule has 0 unspecified atom stereocenters. The van der Waals surface area contributed by atoms with Gasteiger partial charge in [-0.1, -0.05) is 44.2 Å². The van der Waals surface area contributed by atoms with Gasteiger partial charge in [0.2, 0.25) is 0 Å². The average molecular weight is 526 g/mol. The maximum Gasteiger partial charge on any atom is 0.414 e. The fourth-order valence-corrected chi connectivity index (χ4v) is 4.10. The van der Waals surface area contributed by atoms with Crippen molar-refractivity contribution in [3.8, 4) is 5.75 Å². The third kappa shape index (κ3) is 8.13. The topological polar surface area (TPSA) is 108 Å². The lowest BCUT2D eigenvalue weighted by molar-refractivity contribution is -0.254. The third-order valence-electron chi connectivity index (χ3n) is 5.91. The van der Waals surface area contributed by atoms with E-state index in [1.165, 1.54) is 11.0 Å². The monoisotopic (exact) mass is 525 g/mol. The molecule has 0 aromatic heterocycles. The standard InChI is InChI=1S/C29H38N2O7/c1-20(2)18-37-28(35)31(22-13-15-30(16-14-22)27(34)38-29(3,4)5)25-12-11-23(17-24(25)26(32)33)36-19-21-9-7-6-8-10-21/h6-12,17,20,22H,13-16,18-19H2,1-5H3,(H,32,33)/p-1. The molecule has 1 aliphatic rings. The molecule has 3 rings (SSSR count). The third-order valence-corrected chi connectivity index (χ3v) is 5.91. The zero-order valence-corrected chi connectivity index (χ0v) is 22.8. The predicted octanol–water partition coefficient (Wildman–Crippen LogP) is 4.63. The number of amides is 2. The van der Waals surface area contributed by atoms with E-state index in [-0.39, 0.29) is 36.4 Å². The second kappa shape index (κ2) is 12.7. The van der Waals surface area contributed by atoms with Crippen LogP contribution in [0.15, 0.2) is 48.5 Å². The molecule has 2 aromatic carbocycles. The molecule has 0 spiro atoms. The lowest BCUT2D eigenvalue weighted by Crippen LogP contribution is -2.50. The van der Waals surface area contributed by atoms with Crippen LogP contribution in [0.1, 0.15) is 63.4 Å². The Kier molecular flexibility index (Phi) is 9.61. The van der Waals surface area contributed by atoms with Crippen LogP contribution in [0, 0.1) is 5.92 Å². The minimum absolute atomic E-state index is 0.101. The number of hydrogen-bond acceptors (Lipinski definition) is 7. The summed E-state index contributed by atoms with van der Waals surface area (Å²) in [5.41, 5.74) is 0.310. The lowest BCUT2D eigenvalue weighted by atomic mass is 10.0. The Morgan fingerprint density at radius 2 is 1.71 bits per heavy atom. The van der Waals surface area contributed by atoms with Crippen LogP contribution in [0.2, 0.25) is 0 Å². The number of likely N-dealkylation sites (tertiary alicyclic amines) is 1. The van der Waals surface area contributed by atoms with Gasteiger partial charge in [0.25, 0.3) is 0 Å². The Morgan fingerprint density at radius 1 is 1.05 bits per heavy atom. The van der Waals surface area contributed by atoms with Gasteiger partial charge in [-0.05, 0) is 63.3 Å². The van der Waals surface area contributed by atoms with E-state index in [2.05, 4.69) is 0 Å². The Hall–Kier alpha value is -3.75. The van der Waals surface area contributed by atoms with E-state index in [9.17, 15) is 19.5 Å². The van der Waals surface area contributed by atoms with Gasteiger partial charge in [0.05, 0.1) is 18.3 Å². The maximum absolute atomic E-state index is 13.3. The van der Waals surface area contributed by atoms with Gasteiger partial charge in [0, 0.05) is 24.7 Å². The van der Waals surface area contributed by atoms with Gasteiger partial charge < -0.3 is 29.0 Å². The van der Waals surface area contributed by atoms with Crippen molar-refractivity contribution in [2.75, 3.05) is 24.6 Å². The van der Waals surface area contributed by atoms with Crippen molar-refractivity contribution in [1.82, 2.24) is 4.90 Å². The quantitative estimate of drug-likeness (QED) is 0.494. The molecule has 1 saturated heterocycles. The Balaban J connectivity index is 1.83. The van der Waals surface area contributed by atoms with Crippen LogP contribution in [0.4, 0.5) is 15.3 Å². The number of rotatable bonds is 8. The van der Waals surface area contributed by atoms with Crippen LogP contribution >= 0.6 is 0 Å². The Bertz CT molecular complexity index is 1100. The lowest BCUT2D eigenvalue weighted by Gasteiger charge is -2.39. The van der Waals surface area contributed by atoms with Crippen molar-refractivity contribution in [2.45, 2.75) is 65.7 Å². The number of hydrogen-bond donors (Lipinski definition) is 0. The number of carboxylic acids is 1. The average Bonchev–Trinajstić information content (AvgIpc) is 2.86. The number of piperidine rings is 1. The molecule has 0 saturated carbocycles. The van der Waals surface area contributed by atoms with Crippen LogP contribution in [0.5, 0.6) is 5.75 Å². The molecule has 1 heterocycles. The summed E-state index contributed by atoms with van der Waals surface area (Å²) in [4.78, 5) is 40.9. The summed E-state index contributed by atoms with van der Waals surface area (Å²) in [5, 5.41) is 12.2. The highest BCUT2D eigenvalue weighted by atomic mass is 16.6. The maximum atomic E-state index is 13.3. The summed E-state index contributed by atoms with van der Waals surface area (Å²) in [5.74, 6) is -0.991. The Morgan fingerprint density at radius 3 is 2.29 bits per heavy atom. The summed E-state index contributed by atoms with van der Waals surface area (Å²) in [7, 11) is 0. The SMILES string of the molecule is CC(C)COC(=O)N(c1ccc(OCc2ccccc2)cc1C(=O)[O-])C1CCN(C(=O)OC(C)(C)C)CC1. The first-order valence-corrected chi connectivity index (χ1v) is 12.9. The fourth-order valence-electron chi connectivity index (χ4n) is 4.10. The molecule has 1 fully saturated rings. The molecule has 2 aromatic rings. The minimum Gasteiger partial charge on any atom is -0.545 e. The highest BCUT2D eigenvalue weighted by Crippen LogP contribution is 2.31. The van der Waals surface area contributed by atoms with Crippen LogP contribution in [-0.2, 0) is 16.1 Å². The number of benzene rings is 2. The van der Waals surface area contributed by atoms with Crippen molar-refractivity contribution >= 4 is 23.8 Å². The van der Waals surface area contributed by atoms with Crippen molar-refractivity contribution in [3.63, 3.8) is 0 Å². The van der Waals surface area contributed by atoms with Gasteiger partial charge >= 0.3 is 12.2 Å². The number of anilines is 1. The number of carbonyl (C=O) groups is 3. The van der Waals surface area contributed by atoms with E-state index in [1.54, 1.807) is 37.8 Å². The molecular weight excluding hydrogens is 488 g/mol. The molecule has 1 aliphatic heterocycles. The van der Waals surface area contributed by atoms with Gasteiger partial charge in [0.1, 0.15) is 18.0 Å². The first kappa shape index (κ1) is 28.8. The van der Waals surface area contributed by atoms with E-state index >= 15 is 0 Å². The second-order valence-electron chi connectivity index (χ2n) is 10.8. The summed E-state index contributed by atoms with van der Waals surface area (Å²) >= 11 is 0. The fraction of sp³-hybridized carbons (Fsp3) is 0.483. The van der Waals surface area contributed by atoms with Crippen LogP contribution in [0.3, 0.4) is 0 Å².